The highest BCUT2D eigenvalue weighted by atomic mass is 79.9. The second-order valence-corrected chi connectivity index (χ2v) is 4.02. The number of rotatable bonds is 2. The molecule has 0 amide bonds. The van der Waals surface area contributed by atoms with Gasteiger partial charge in [-0.3, -0.25) is 4.79 Å². The Labute approximate surface area is 99.8 Å². The minimum atomic E-state index is -0.306. The highest BCUT2D eigenvalue weighted by Crippen LogP contribution is 2.14. The van der Waals surface area contributed by atoms with Gasteiger partial charge in [-0.25, -0.2) is 14.6 Å². The van der Waals surface area contributed by atoms with E-state index in [-0.39, 0.29) is 11.6 Å². The summed E-state index contributed by atoms with van der Waals surface area (Å²) in [6.07, 6.45) is 3.19. The Bertz CT molecular complexity index is 514. The quantitative estimate of drug-likeness (QED) is 0.765. The van der Waals surface area contributed by atoms with Gasteiger partial charge in [-0.1, -0.05) is 5.21 Å². The SMILES string of the molecule is Cc1cnc(C(=O)c2c(Br)nnn2C)nc1. The van der Waals surface area contributed by atoms with Gasteiger partial charge in [0.05, 0.1) is 0 Å². The fourth-order valence-electron chi connectivity index (χ4n) is 1.19. The topological polar surface area (TPSA) is 73.6 Å². The van der Waals surface area contributed by atoms with Crippen LogP contribution >= 0.6 is 15.9 Å². The molecule has 2 rings (SSSR count). The number of halogens is 1. The lowest BCUT2D eigenvalue weighted by atomic mass is 10.3. The van der Waals surface area contributed by atoms with Crippen LogP contribution in [0.25, 0.3) is 0 Å². The van der Waals surface area contributed by atoms with E-state index < -0.39 is 0 Å². The molecule has 0 spiro atoms. The van der Waals surface area contributed by atoms with Crippen LogP contribution in [-0.4, -0.2) is 30.7 Å². The van der Waals surface area contributed by atoms with Crippen molar-refractivity contribution in [3.63, 3.8) is 0 Å². The number of ketones is 1. The summed E-state index contributed by atoms with van der Waals surface area (Å²) in [5.41, 5.74) is 1.24. The number of hydrogen-bond acceptors (Lipinski definition) is 5. The smallest absolute Gasteiger partial charge is 0.251 e. The number of carbonyl (C=O) groups is 1. The van der Waals surface area contributed by atoms with Gasteiger partial charge in [0.15, 0.2) is 4.60 Å². The minimum Gasteiger partial charge on any atom is -0.283 e. The maximum atomic E-state index is 12.0. The molecule has 0 fully saturated rings. The predicted octanol–water partition coefficient (Wildman–Crippen LogP) is 0.907. The van der Waals surface area contributed by atoms with Crippen LogP contribution in [-0.2, 0) is 7.05 Å². The Morgan fingerprint density at radius 1 is 1.38 bits per heavy atom. The van der Waals surface area contributed by atoms with Crippen molar-refractivity contribution in [1.82, 2.24) is 25.0 Å². The van der Waals surface area contributed by atoms with Crippen LogP contribution in [0.15, 0.2) is 17.0 Å². The summed E-state index contributed by atoms with van der Waals surface area (Å²) in [5.74, 6) is -0.170. The summed E-state index contributed by atoms with van der Waals surface area (Å²) in [5, 5.41) is 7.46. The summed E-state index contributed by atoms with van der Waals surface area (Å²) in [7, 11) is 1.64. The molecule has 0 aliphatic heterocycles. The zero-order valence-corrected chi connectivity index (χ0v) is 10.3. The molecule has 0 aromatic carbocycles. The van der Waals surface area contributed by atoms with E-state index in [4.69, 9.17) is 0 Å². The molecule has 0 bridgehead atoms. The Kier molecular flexibility index (Phi) is 2.78. The highest BCUT2D eigenvalue weighted by molar-refractivity contribution is 9.10. The maximum absolute atomic E-state index is 12.0. The predicted molar refractivity (Wildman–Crippen MR) is 58.9 cm³/mol. The Balaban J connectivity index is 2.43. The largest absolute Gasteiger partial charge is 0.283 e. The number of aryl methyl sites for hydroxylation is 2. The molecular weight excluding hydrogens is 274 g/mol. The van der Waals surface area contributed by atoms with E-state index in [0.717, 1.165) is 5.56 Å². The van der Waals surface area contributed by atoms with E-state index in [0.29, 0.717) is 10.3 Å². The van der Waals surface area contributed by atoms with Gasteiger partial charge in [-0.05, 0) is 28.4 Å². The maximum Gasteiger partial charge on any atom is 0.251 e. The summed E-state index contributed by atoms with van der Waals surface area (Å²) >= 11 is 3.16. The molecule has 0 saturated heterocycles. The summed E-state index contributed by atoms with van der Waals surface area (Å²) in [6.45, 7) is 1.86. The van der Waals surface area contributed by atoms with E-state index in [9.17, 15) is 4.79 Å². The molecule has 0 radical (unpaired) electrons. The first-order chi connectivity index (χ1) is 7.59. The van der Waals surface area contributed by atoms with Crippen molar-refractivity contribution >= 4 is 21.7 Å². The Morgan fingerprint density at radius 3 is 2.50 bits per heavy atom. The lowest BCUT2D eigenvalue weighted by Gasteiger charge is -1.99. The fourth-order valence-corrected chi connectivity index (χ4v) is 1.70. The molecule has 82 valence electrons. The van der Waals surface area contributed by atoms with Crippen molar-refractivity contribution < 1.29 is 4.79 Å². The number of hydrogen-bond donors (Lipinski definition) is 0. The number of carbonyl (C=O) groups excluding carboxylic acids is 1. The second kappa shape index (κ2) is 4.09. The third-order valence-corrected chi connectivity index (χ3v) is 2.52. The van der Waals surface area contributed by atoms with E-state index in [1.54, 1.807) is 19.4 Å². The molecule has 0 saturated carbocycles. The minimum absolute atomic E-state index is 0.136. The number of nitrogens with zero attached hydrogens (tertiary/aromatic N) is 5. The van der Waals surface area contributed by atoms with Crippen molar-refractivity contribution in [3.05, 3.63) is 34.1 Å². The van der Waals surface area contributed by atoms with Gasteiger partial charge < -0.3 is 0 Å². The molecule has 2 aromatic rings. The highest BCUT2D eigenvalue weighted by Gasteiger charge is 2.20. The first-order valence-corrected chi connectivity index (χ1v) is 5.27. The summed E-state index contributed by atoms with van der Waals surface area (Å²) in [6, 6.07) is 0. The molecule has 0 aliphatic carbocycles. The van der Waals surface area contributed by atoms with Crippen LogP contribution in [0.2, 0.25) is 0 Å². The van der Waals surface area contributed by atoms with Gasteiger partial charge in [0.1, 0.15) is 5.69 Å². The Morgan fingerprint density at radius 2 is 2.00 bits per heavy atom. The van der Waals surface area contributed by atoms with E-state index >= 15 is 0 Å². The molecule has 6 nitrogen and oxygen atoms in total. The van der Waals surface area contributed by atoms with Crippen molar-refractivity contribution in [1.29, 1.82) is 0 Å². The molecular formula is C9H8BrN5O. The van der Waals surface area contributed by atoms with E-state index in [1.165, 1.54) is 4.68 Å². The van der Waals surface area contributed by atoms with Gasteiger partial charge in [0, 0.05) is 19.4 Å². The molecule has 0 aliphatic rings. The van der Waals surface area contributed by atoms with Gasteiger partial charge in [0.2, 0.25) is 5.82 Å². The molecule has 2 aromatic heterocycles. The van der Waals surface area contributed by atoms with E-state index in [2.05, 4.69) is 36.2 Å². The van der Waals surface area contributed by atoms with Crippen molar-refractivity contribution in [2.45, 2.75) is 6.92 Å². The summed E-state index contributed by atoms with van der Waals surface area (Å²) in [4.78, 5) is 19.9. The summed E-state index contributed by atoms with van der Waals surface area (Å²) < 4.78 is 1.78. The van der Waals surface area contributed by atoms with Crippen molar-refractivity contribution in [2.24, 2.45) is 7.05 Å². The fraction of sp³-hybridized carbons (Fsp3) is 0.222. The normalized spacial score (nSPS) is 10.4. The van der Waals surface area contributed by atoms with Crippen LogP contribution < -0.4 is 0 Å². The molecule has 7 heteroatoms. The average molecular weight is 282 g/mol. The molecule has 16 heavy (non-hydrogen) atoms. The average Bonchev–Trinajstić information content (AvgIpc) is 2.59. The molecule has 0 N–H and O–H groups in total. The third kappa shape index (κ3) is 1.85. The monoisotopic (exact) mass is 281 g/mol. The van der Waals surface area contributed by atoms with Crippen LogP contribution in [0.3, 0.4) is 0 Å². The third-order valence-electron chi connectivity index (χ3n) is 1.98. The van der Waals surface area contributed by atoms with Crippen LogP contribution in [0, 0.1) is 6.92 Å². The van der Waals surface area contributed by atoms with Crippen LogP contribution in [0.4, 0.5) is 0 Å². The molecule has 2 heterocycles. The van der Waals surface area contributed by atoms with Crippen molar-refractivity contribution in [2.75, 3.05) is 0 Å². The van der Waals surface area contributed by atoms with Gasteiger partial charge in [-0.15, -0.1) is 5.10 Å². The van der Waals surface area contributed by atoms with Crippen LogP contribution in [0.5, 0.6) is 0 Å². The lowest BCUT2D eigenvalue weighted by molar-refractivity contribution is 0.102. The second-order valence-electron chi connectivity index (χ2n) is 3.27. The standard InChI is InChI=1S/C9H8BrN5O/c1-5-3-11-9(12-4-5)7(16)6-8(10)13-14-15(6)2/h3-4H,1-2H3. The van der Waals surface area contributed by atoms with Gasteiger partial charge in [-0.2, -0.15) is 0 Å². The zero-order valence-electron chi connectivity index (χ0n) is 8.68. The van der Waals surface area contributed by atoms with Crippen LogP contribution in [0.1, 0.15) is 21.9 Å². The van der Waals surface area contributed by atoms with Crippen molar-refractivity contribution in [3.8, 4) is 0 Å². The first kappa shape index (κ1) is 10.9. The van der Waals surface area contributed by atoms with Gasteiger partial charge in [0.25, 0.3) is 5.78 Å². The Hall–Kier alpha value is -1.63. The molecule has 0 unspecified atom stereocenters. The first-order valence-electron chi connectivity index (χ1n) is 4.48. The van der Waals surface area contributed by atoms with Gasteiger partial charge >= 0.3 is 0 Å². The zero-order chi connectivity index (χ0) is 11.7. The molecule has 0 atom stereocenters. The lowest BCUT2D eigenvalue weighted by Crippen LogP contribution is -2.12. The van der Waals surface area contributed by atoms with E-state index in [1.807, 2.05) is 6.92 Å². The number of aromatic nitrogens is 5.